The molecule has 0 saturated carbocycles. The molecule has 0 radical (unpaired) electrons. The number of anilines is 1. The molecule has 1 aliphatic heterocycles. The lowest BCUT2D eigenvalue weighted by molar-refractivity contribution is -0.903. The van der Waals surface area contributed by atoms with Crippen molar-refractivity contribution in [1.29, 1.82) is 0 Å². The van der Waals surface area contributed by atoms with Crippen molar-refractivity contribution in [2.45, 2.75) is 19.4 Å². The van der Waals surface area contributed by atoms with Crippen molar-refractivity contribution >= 4 is 16.5 Å². The predicted molar refractivity (Wildman–Crippen MR) is 119 cm³/mol. The standard InChI is InChI=1S/C25H30N2O2/c1-2-20-7-10-23(11-8-20)27-15-13-26(14-16-27)18-24(28)19-29-25-12-9-21-5-3-4-6-22(21)17-25/h3-12,17,24,28H,2,13-16,18-19H2,1H3/p+1. The van der Waals surface area contributed by atoms with Crippen molar-refractivity contribution in [2.75, 3.05) is 44.2 Å². The number of rotatable bonds is 7. The number of fused-ring (bicyclic) bond motifs is 1. The van der Waals surface area contributed by atoms with E-state index in [4.69, 9.17) is 4.74 Å². The van der Waals surface area contributed by atoms with Crippen LogP contribution in [0.2, 0.25) is 0 Å². The third-order valence-corrected chi connectivity index (χ3v) is 5.87. The van der Waals surface area contributed by atoms with Crippen LogP contribution in [0.4, 0.5) is 5.69 Å². The fourth-order valence-corrected chi connectivity index (χ4v) is 4.07. The minimum Gasteiger partial charge on any atom is -0.491 e. The summed E-state index contributed by atoms with van der Waals surface area (Å²) in [7, 11) is 0. The van der Waals surface area contributed by atoms with Gasteiger partial charge in [0.25, 0.3) is 0 Å². The zero-order valence-corrected chi connectivity index (χ0v) is 17.2. The van der Waals surface area contributed by atoms with Crippen LogP contribution in [-0.4, -0.2) is 50.5 Å². The zero-order valence-electron chi connectivity index (χ0n) is 17.2. The maximum Gasteiger partial charge on any atom is 0.137 e. The SMILES string of the molecule is CCc1ccc(N2CC[NH+](CC(O)COc3ccc4ccccc4c3)CC2)cc1. The Kier molecular flexibility index (Phi) is 6.33. The van der Waals surface area contributed by atoms with Crippen molar-refractivity contribution in [3.8, 4) is 5.75 Å². The highest BCUT2D eigenvalue weighted by atomic mass is 16.5. The van der Waals surface area contributed by atoms with Crippen LogP contribution in [0.25, 0.3) is 10.8 Å². The number of aliphatic hydroxyl groups is 1. The van der Waals surface area contributed by atoms with E-state index < -0.39 is 6.10 Å². The van der Waals surface area contributed by atoms with Gasteiger partial charge in [0, 0.05) is 5.69 Å². The molecule has 0 spiro atoms. The number of piperazine rings is 1. The third-order valence-electron chi connectivity index (χ3n) is 5.87. The van der Waals surface area contributed by atoms with Crippen LogP contribution in [0.5, 0.6) is 5.75 Å². The highest BCUT2D eigenvalue weighted by Gasteiger charge is 2.22. The first-order valence-electron chi connectivity index (χ1n) is 10.7. The number of hydrogen-bond acceptors (Lipinski definition) is 3. The fraction of sp³-hybridized carbons (Fsp3) is 0.360. The van der Waals surface area contributed by atoms with E-state index in [1.54, 1.807) is 0 Å². The van der Waals surface area contributed by atoms with E-state index in [-0.39, 0.29) is 0 Å². The summed E-state index contributed by atoms with van der Waals surface area (Å²) in [6, 6.07) is 23.2. The summed E-state index contributed by atoms with van der Waals surface area (Å²) in [4.78, 5) is 3.89. The fourth-order valence-electron chi connectivity index (χ4n) is 4.07. The predicted octanol–water partition coefficient (Wildman–Crippen LogP) is 2.55. The largest absolute Gasteiger partial charge is 0.491 e. The molecule has 2 N–H and O–H groups in total. The summed E-state index contributed by atoms with van der Waals surface area (Å²) in [5, 5.41) is 12.8. The lowest BCUT2D eigenvalue weighted by Crippen LogP contribution is -3.16. The molecule has 0 bridgehead atoms. The van der Waals surface area contributed by atoms with Gasteiger partial charge in [-0.3, -0.25) is 0 Å². The van der Waals surface area contributed by atoms with Crippen LogP contribution in [-0.2, 0) is 6.42 Å². The second-order valence-corrected chi connectivity index (χ2v) is 7.93. The highest BCUT2D eigenvalue weighted by molar-refractivity contribution is 5.83. The van der Waals surface area contributed by atoms with Crippen LogP contribution in [0, 0.1) is 0 Å². The molecule has 3 aromatic rings. The van der Waals surface area contributed by atoms with E-state index in [2.05, 4.69) is 54.3 Å². The first-order valence-corrected chi connectivity index (χ1v) is 10.7. The van der Waals surface area contributed by atoms with Crippen LogP contribution in [0.1, 0.15) is 12.5 Å². The van der Waals surface area contributed by atoms with Crippen LogP contribution in [0.3, 0.4) is 0 Å². The first kappa shape index (κ1) is 19.7. The smallest absolute Gasteiger partial charge is 0.137 e. The van der Waals surface area contributed by atoms with E-state index in [0.29, 0.717) is 6.61 Å². The van der Waals surface area contributed by atoms with Gasteiger partial charge in [0.2, 0.25) is 0 Å². The summed E-state index contributed by atoms with van der Waals surface area (Å²) in [6.07, 6.45) is 0.629. The quantitative estimate of drug-likeness (QED) is 0.650. The van der Waals surface area contributed by atoms with Gasteiger partial charge in [0.15, 0.2) is 0 Å². The number of hydrogen-bond donors (Lipinski definition) is 2. The molecule has 1 unspecified atom stereocenters. The molecule has 1 fully saturated rings. The Labute approximate surface area is 173 Å². The topological polar surface area (TPSA) is 37.1 Å². The lowest BCUT2D eigenvalue weighted by Gasteiger charge is -2.34. The summed E-state index contributed by atoms with van der Waals surface area (Å²) >= 11 is 0. The van der Waals surface area contributed by atoms with Gasteiger partial charge >= 0.3 is 0 Å². The molecule has 1 aliphatic rings. The number of quaternary nitrogens is 1. The van der Waals surface area contributed by atoms with Crippen molar-refractivity contribution in [2.24, 2.45) is 0 Å². The molecule has 1 saturated heterocycles. The third kappa shape index (κ3) is 5.08. The van der Waals surface area contributed by atoms with Crippen LogP contribution in [0.15, 0.2) is 66.7 Å². The molecule has 1 atom stereocenters. The van der Waals surface area contributed by atoms with Crippen molar-refractivity contribution in [3.05, 3.63) is 72.3 Å². The normalized spacial score (nSPS) is 16.1. The molecule has 4 nitrogen and oxygen atoms in total. The van der Waals surface area contributed by atoms with Gasteiger partial charge in [-0.05, 0) is 47.0 Å². The van der Waals surface area contributed by atoms with Gasteiger partial charge in [-0.15, -0.1) is 0 Å². The number of aryl methyl sites for hydroxylation is 1. The monoisotopic (exact) mass is 391 g/mol. The maximum absolute atomic E-state index is 10.5. The van der Waals surface area contributed by atoms with Crippen molar-refractivity contribution in [3.63, 3.8) is 0 Å². The van der Waals surface area contributed by atoms with Crippen LogP contribution >= 0.6 is 0 Å². The molecule has 29 heavy (non-hydrogen) atoms. The first-order chi connectivity index (χ1) is 14.2. The summed E-state index contributed by atoms with van der Waals surface area (Å²) < 4.78 is 5.86. The van der Waals surface area contributed by atoms with E-state index in [9.17, 15) is 5.11 Å². The average molecular weight is 392 g/mol. The number of nitrogens with one attached hydrogen (secondary N) is 1. The summed E-state index contributed by atoms with van der Waals surface area (Å²) in [6.45, 7) is 7.40. The zero-order chi connectivity index (χ0) is 20.1. The van der Waals surface area contributed by atoms with E-state index in [0.717, 1.165) is 50.3 Å². The minimum absolute atomic E-state index is 0.337. The average Bonchev–Trinajstić information content (AvgIpc) is 2.78. The van der Waals surface area contributed by atoms with E-state index in [1.165, 1.54) is 21.5 Å². The Morgan fingerprint density at radius 2 is 1.69 bits per heavy atom. The second-order valence-electron chi connectivity index (χ2n) is 7.93. The van der Waals surface area contributed by atoms with Crippen molar-refractivity contribution in [1.82, 2.24) is 0 Å². The molecule has 3 aromatic carbocycles. The highest BCUT2D eigenvalue weighted by Crippen LogP contribution is 2.20. The summed E-state index contributed by atoms with van der Waals surface area (Å²) in [5.41, 5.74) is 2.69. The Morgan fingerprint density at radius 1 is 0.966 bits per heavy atom. The van der Waals surface area contributed by atoms with Gasteiger partial charge in [-0.25, -0.2) is 0 Å². The van der Waals surface area contributed by atoms with Gasteiger partial charge in [-0.1, -0.05) is 49.4 Å². The minimum atomic E-state index is -0.452. The molecule has 4 rings (SSSR count). The molecule has 1 heterocycles. The molecular formula is C25H31N2O2+. The molecule has 0 aliphatic carbocycles. The maximum atomic E-state index is 10.5. The molecule has 152 valence electrons. The van der Waals surface area contributed by atoms with Gasteiger partial charge in [0.05, 0.1) is 26.2 Å². The van der Waals surface area contributed by atoms with Crippen molar-refractivity contribution < 1.29 is 14.7 Å². The number of ether oxygens (including phenoxy) is 1. The Bertz CT molecular complexity index is 918. The molecule has 0 aromatic heterocycles. The van der Waals surface area contributed by atoms with Gasteiger partial charge in [0.1, 0.15) is 25.0 Å². The van der Waals surface area contributed by atoms with E-state index in [1.807, 2.05) is 24.3 Å². The number of nitrogens with zero attached hydrogens (tertiary/aromatic N) is 1. The Morgan fingerprint density at radius 3 is 2.41 bits per heavy atom. The number of benzene rings is 3. The van der Waals surface area contributed by atoms with E-state index >= 15 is 0 Å². The Hall–Kier alpha value is -2.56. The molecular weight excluding hydrogens is 360 g/mol. The Balaban J connectivity index is 1.23. The lowest BCUT2D eigenvalue weighted by atomic mass is 10.1. The molecule has 4 heteroatoms. The van der Waals surface area contributed by atoms with Gasteiger partial charge in [-0.2, -0.15) is 0 Å². The van der Waals surface area contributed by atoms with Crippen LogP contribution < -0.4 is 14.5 Å². The van der Waals surface area contributed by atoms with Gasteiger partial charge < -0.3 is 19.6 Å². The molecule has 0 amide bonds. The number of aliphatic hydroxyl groups excluding tert-OH is 1. The second kappa shape index (κ2) is 9.29. The summed E-state index contributed by atoms with van der Waals surface area (Å²) in [5.74, 6) is 0.818.